The van der Waals surface area contributed by atoms with Crippen LogP contribution >= 0.6 is 0 Å². The van der Waals surface area contributed by atoms with Crippen LogP contribution in [0.5, 0.6) is 5.75 Å². The average Bonchev–Trinajstić information content (AvgIpc) is 3.35. The van der Waals surface area contributed by atoms with Gasteiger partial charge in [-0.25, -0.2) is 0 Å². The highest BCUT2D eigenvalue weighted by Gasteiger charge is 2.34. The molecule has 1 atom stereocenters. The van der Waals surface area contributed by atoms with Gasteiger partial charge in [0.05, 0.1) is 7.11 Å². The summed E-state index contributed by atoms with van der Waals surface area (Å²) in [5.74, 6) is 1.81. The molecule has 0 spiro atoms. The number of carbonyl (C=O) groups excluding carboxylic acids is 1. The summed E-state index contributed by atoms with van der Waals surface area (Å²) < 4.78 is 10.6. The van der Waals surface area contributed by atoms with Gasteiger partial charge in [0.15, 0.2) is 5.82 Å². The number of ether oxygens (including phenoxy) is 1. The van der Waals surface area contributed by atoms with Crippen LogP contribution in [-0.2, 0) is 11.2 Å². The maximum absolute atomic E-state index is 12.5. The van der Waals surface area contributed by atoms with Gasteiger partial charge in [-0.15, -0.1) is 0 Å². The summed E-state index contributed by atoms with van der Waals surface area (Å²) in [6, 6.07) is 15.6. The summed E-state index contributed by atoms with van der Waals surface area (Å²) in [5, 5.41) is 4.12. The van der Waals surface area contributed by atoms with Crippen LogP contribution in [0.4, 0.5) is 5.69 Å². The van der Waals surface area contributed by atoms with Gasteiger partial charge < -0.3 is 14.2 Å². The fourth-order valence-corrected chi connectivity index (χ4v) is 3.29. The van der Waals surface area contributed by atoms with Crippen molar-refractivity contribution in [1.29, 1.82) is 0 Å². The number of rotatable bonds is 5. The van der Waals surface area contributed by atoms with E-state index in [1.165, 1.54) is 5.56 Å². The minimum Gasteiger partial charge on any atom is -0.497 e. The zero-order valence-electron chi connectivity index (χ0n) is 15.4. The largest absolute Gasteiger partial charge is 0.497 e. The van der Waals surface area contributed by atoms with Crippen molar-refractivity contribution in [1.82, 2.24) is 10.1 Å². The Bertz CT molecular complexity index is 932. The molecule has 3 aromatic rings. The summed E-state index contributed by atoms with van der Waals surface area (Å²) in [6.45, 7) is 2.66. The molecule has 1 aliphatic rings. The van der Waals surface area contributed by atoms with Crippen molar-refractivity contribution >= 4 is 11.6 Å². The van der Waals surface area contributed by atoms with Crippen molar-refractivity contribution in [2.45, 2.75) is 25.7 Å². The van der Waals surface area contributed by atoms with Crippen LogP contribution in [0.1, 0.15) is 30.7 Å². The van der Waals surface area contributed by atoms with Crippen LogP contribution in [0.25, 0.3) is 11.5 Å². The highest BCUT2D eigenvalue weighted by Crippen LogP contribution is 2.32. The summed E-state index contributed by atoms with van der Waals surface area (Å²) in [7, 11) is 1.62. The van der Waals surface area contributed by atoms with Crippen LogP contribution in [0.3, 0.4) is 0 Å². The van der Waals surface area contributed by atoms with Gasteiger partial charge in [-0.2, -0.15) is 4.98 Å². The van der Waals surface area contributed by atoms with Gasteiger partial charge in [0.1, 0.15) is 5.75 Å². The molecule has 1 aliphatic heterocycles. The molecule has 4 rings (SSSR count). The Hall–Kier alpha value is -3.15. The molecule has 0 radical (unpaired) electrons. The van der Waals surface area contributed by atoms with Crippen LogP contribution in [0.2, 0.25) is 0 Å². The molecule has 1 aromatic heterocycles. The van der Waals surface area contributed by atoms with E-state index in [0.717, 1.165) is 23.4 Å². The number of hydrogen-bond acceptors (Lipinski definition) is 5. The van der Waals surface area contributed by atoms with Crippen molar-refractivity contribution in [3.8, 4) is 17.2 Å². The number of hydrogen-bond donors (Lipinski definition) is 0. The highest BCUT2D eigenvalue weighted by atomic mass is 16.5. The topological polar surface area (TPSA) is 68.5 Å². The van der Waals surface area contributed by atoms with Crippen LogP contribution in [0.15, 0.2) is 53.1 Å². The molecule has 2 heterocycles. The molecule has 0 N–H and O–H groups in total. The zero-order valence-corrected chi connectivity index (χ0v) is 15.4. The van der Waals surface area contributed by atoms with E-state index in [9.17, 15) is 4.79 Å². The first-order valence-electron chi connectivity index (χ1n) is 9.05. The van der Waals surface area contributed by atoms with E-state index in [1.54, 1.807) is 12.0 Å². The number of carbonyl (C=O) groups is 1. The maximum atomic E-state index is 12.5. The van der Waals surface area contributed by atoms with E-state index < -0.39 is 0 Å². The van der Waals surface area contributed by atoms with Gasteiger partial charge >= 0.3 is 0 Å². The van der Waals surface area contributed by atoms with Crippen LogP contribution in [0, 0.1) is 0 Å². The maximum Gasteiger partial charge on any atom is 0.257 e. The number of benzene rings is 2. The summed E-state index contributed by atoms with van der Waals surface area (Å²) in [5.41, 5.74) is 3.00. The lowest BCUT2D eigenvalue weighted by Crippen LogP contribution is -2.24. The number of amides is 1. The summed E-state index contributed by atoms with van der Waals surface area (Å²) in [4.78, 5) is 18.8. The number of methoxy groups -OCH3 is 1. The van der Waals surface area contributed by atoms with Gasteiger partial charge in [-0.05, 0) is 48.4 Å². The summed E-state index contributed by atoms with van der Waals surface area (Å²) >= 11 is 0. The van der Waals surface area contributed by atoms with Crippen LogP contribution in [-0.4, -0.2) is 29.7 Å². The fraction of sp³-hybridized carbons (Fsp3) is 0.286. The second kappa shape index (κ2) is 7.23. The normalized spacial score (nSPS) is 16.7. The lowest BCUT2D eigenvalue weighted by molar-refractivity contribution is -0.117. The van der Waals surface area contributed by atoms with E-state index in [2.05, 4.69) is 29.2 Å². The first-order chi connectivity index (χ1) is 13.2. The molecular formula is C21H21N3O3. The van der Waals surface area contributed by atoms with E-state index in [4.69, 9.17) is 9.26 Å². The molecular weight excluding hydrogens is 342 g/mol. The van der Waals surface area contributed by atoms with Crippen molar-refractivity contribution in [3.63, 3.8) is 0 Å². The Morgan fingerprint density at radius 3 is 2.56 bits per heavy atom. The second-order valence-electron chi connectivity index (χ2n) is 6.61. The zero-order chi connectivity index (χ0) is 18.8. The summed E-state index contributed by atoms with van der Waals surface area (Å²) in [6.07, 6.45) is 1.36. The van der Waals surface area contributed by atoms with E-state index >= 15 is 0 Å². The third-order valence-corrected chi connectivity index (χ3v) is 4.93. The number of anilines is 1. The lowest BCUT2D eigenvalue weighted by Gasteiger charge is -2.16. The van der Waals surface area contributed by atoms with Gasteiger partial charge in [0.25, 0.3) is 5.89 Å². The fourth-order valence-electron chi connectivity index (χ4n) is 3.29. The van der Waals surface area contributed by atoms with Gasteiger partial charge in [0.2, 0.25) is 5.91 Å². The minimum absolute atomic E-state index is 0.0591. The molecule has 1 unspecified atom stereocenters. The third-order valence-electron chi connectivity index (χ3n) is 4.93. The van der Waals surface area contributed by atoms with Gasteiger partial charge in [-0.3, -0.25) is 4.79 Å². The smallest absolute Gasteiger partial charge is 0.257 e. The van der Waals surface area contributed by atoms with Gasteiger partial charge in [0, 0.05) is 30.1 Å². The second-order valence-corrected chi connectivity index (χ2v) is 6.61. The molecule has 6 nitrogen and oxygen atoms in total. The van der Waals surface area contributed by atoms with Crippen molar-refractivity contribution in [3.05, 3.63) is 59.9 Å². The van der Waals surface area contributed by atoms with E-state index in [1.807, 2.05) is 36.4 Å². The Labute approximate surface area is 157 Å². The first kappa shape index (κ1) is 17.3. The molecule has 0 aliphatic carbocycles. The molecule has 1 saturated heterocycles. The van der Waals surface area contributed by atoms with E-state index in [0.29, 0.717) is 24.7 Å². The predicted octanol–water partition coefficient (Wildman–Crippen LogP) is 3.83. The molecule has 138 valence electrons. The molecule has 1 amide bonds. The van der Waals surface area contributed by atoms with Crippen molar-refractivity contribution < 1.29 is 14.1 Å². The van der Waals surface area contributed by atoms with Gasteiger partial charge in [-0.1, -0.05) is 24.2 Å². The average molecular weight is 363 g/mol. The molecule has 6 heteroatoms. The highest BCUT2D eigenvalue weighted by molar-refractivity contribution is 5.96. The number of aryl methyl sites for hydroxylation is 1. The third kappa shape index (κ3) is 3.43. The Morgan fingerprint density at radius 1 is 1.15 bits per heavy atom. The Kier molecular flexibility index (Phi) is 4.62. The number of nitrogens with zero attached hydrogens (tertiary/aromatic N) is 3. The Morgan fingerprint density at radius 2 is 1.89 bits per heavy atom. The monoisotopic (exact) mass is 363 g/mol. The standard InChI is InChI=1S/C21H21N3O3/c1-3-14-4-6-15(7-5-14)21-22-20(23-27-21)16-12-19(25)24(13-16)17-8-10-18(26-2)11-9-17/h4-11,16H,3,12-13H2,1-2H3. The first-order valence-corrected chi connectivity index (χ1v) is 9.05. The van der Waals surface area contributed by atoms with Crippen molar-refractivity contribution in [2.75, 3.05) is 18.6 Å². The lowest BCUT2D eigenvalue weighted by atomic mass is 10.1. The molecule has 0 saturated carbocycles. The minimum atomic E-state index is -0.0768. The number of aromatic nitrogens is 2. The molecule has 27 heavy (non-hydrogen) atoms. The van der Waals surface area contributed by atoms with Crippen molar-refractivity contribution in [2.24, 2.45) is 0 Å². The molecule has 0 bridgehead atoms. The van der Waals surface area contributed by atoms with E-state index in [-0.39, 0.29) is 11.8 Å². The molecule has 1 fully saturated rings. The van der Waals surface area contributed by atoms with Crippen LogP contribution < -0.4 is 9.64 Å². The quantitative estimate of drug-likeness (QED) is 0.689. The SMILES string of the molecule is CCc1ccc(-c2nc(C3CC(=O)N(c4ccc(OC)cc4)C3)no2)cc1. The Balaban J connectivity index is 1.51. The predicted molar refractivity (Wildman–Crippen MR) is 102 cm³/mol. The molecule has 2 aromatic carbocycles.